The Morgan fingerprint density at radius 2 is 1.96 bits per heavy atom. The number of nitrogens with one attached hydrogen (secondary N) is 1. The minimum Gasteiger partial charge on any atom is -0.872 e. The summed E-state index contributed by atoms with van der Waals surface area (Å²) in [5.74, 6) is -0.329. The molecular weight excluding hydrogens is 350 g/mol. The van der Waals surface area contributed by atoms with Crippen LogP contribution >= 0.6 is 0 Å². The monoisotopic (exact) mass is 370 g/mol. The van der Waals surface area contributed by atoms with Crippen molar-refractivity contribution in [3.8, 4) is 11.5 Å². The van der Waals surface area contributed by atoms with E-state index >= 15 is 0 Å². The lowest BCUT2D eigenvalue weighted by molar-refractivity contribution is -0.385. The molecule has 1 N–H and O–H groups in total. The van der Waals surface area contributed by atoms with Crippen LogP contribution in [0, 0.1) is 10.1 Å². The Morgan fingerprint density at radius 3 is 2.63 bits per heavy atom. The van der Waals surface area contributed by atoms with E-state index in [2.05, 4.69) is 10.5 Å². The molecule has 0 heterocycles. The highest BCUT2D eigenvalue weighted by Crippen LogP contribution is 2.30. The Bertz CT molecular complexity index is 872. The molecular formula is C19H20N3O5-. The van der Waals surface area contributed by atoms with Crippen LogP contribution in [0.2, 0.25) is 0 Å². The number of hydrazone groups is 1. The number of ether oxygens (including phenoxy) is 1. The first-order chi connectivity index (χ1) is 12.7. The van der Waals surface area contributed by atoms with Crippen LogP contribution in [0.15, 0.2) is 47.6 Å². The van der Waals surface area contributed by atoms with Gasteiger partial charge in [-0.3, -0.25) is 14.9 Å². The van der Waals surface area contributed by atoms with Gasteiger partial charge in [0.05, 0.1) is 16.7 Å². The van der Waals surface area contributed by atoms with E-state index in [1.807, 2.05) is 39.0 Å². The highest BCUT2D eigenvalue weighted by Gasteiger charge is 2.18. The first-order valence-corrected chi connectivity index (χ1v) is 8.18. The summed E-state index contributed by atoms with van der Waals surface area (Å²) in [5, 5.41) is 25.9. The van der Waals surface area contributed by atoms with E-state index < -0.39 is 16.6 Å². The van der Waals surface area contributed by atoms with E-state index in [1.54, 1.807) is 6.07 Å². The van der Waals surface area contributed by atoms with Crippen molar-refractivity contribution in [1.82, 2.24) is 5.43 Å². The molecule has 2 rings (SSSR count). The lowest BCUT2D eigenvalue weighted by atomic mass is 9.86. The summed E-state index contributed by atoms with van der Waals surface area (Å²) in [4.78, 5) is 22.2. The number of nitro groups is 1. The van der Waals surface area contributed by atoms with Gasteiger partial charge in [0.1, 0.15) is 5.75 Å². The molecule has 1 amide bonds. The molecule has 27 heavy (non-hydrogen) atoms. The number of nitro benzene ring substituents is 1. The first-order valence-electron chi connectivity index (χ1n) is 8.18. The molecule has 0 saturated carbocycles. The van der Waals surface area contributed by atoms with Gasteiger partial charge in [-0.05, 0) is 17.0 Å². The summed E-state index contributed by atoms with van der Waals surface area (Å²) < 4.78 is 5.57. The van der Waals surface area contributed by atoms with Crippen molar-refractivity contribution in [2.24, 2.45) is 5.10 Å². The first kappa shape index (κ1) is 19.9. The zero-order valence-electron chi connectivity index (χ0n) is 15.3. The van der Waals surface area contributed by atoms with Crippen molar-refractivity contribution >= 4 is 17.8 Å². The third kappa shape index (κ3) is 5.53. The number of nitrogens with zero attached hydrogens (tertiary/aromatic N) is 2. The van der Waals surface area contributed by atoms with E-state index in [0.717, 1.165) is 30.0 Å². The number of hydrogen-bond acceptors (Lipinski definition) is 6. The molecule has 0 bridgehead atoms. The molecule has 2 aromatic carbocycles. The van der Waals surface area contributed by atoms with E-state index in [1.165, 1.54) is 0 Å². The molecule has 8 nitrogen and oxygen atoms in total. The van der Waals surface area contributed by atoms with Gasteiger partial charge in [-0.25, -0.2) is 5.43 Å². The van der Waals surface area contributed by atoms with Gasteiger partial charge in [-0.1, -0.05) is 51.1 Å². The second kappa shape index (κ2) is 8.31. The molecule has 0 aliphatic rings. The fourth-order valence-corrected chi connectivity index (χ4v) is 2.36. The molecule has 2 aromatic rings. The molecule has 0 spiro atoms. The van der Waals surface area contributed by atoms with Crippen LogP contribution in [0.5, 0.6) is 11.5 Å². The van der Waals surface area contributed by atoms with Gasteiger partial charge >= 0.3 is 0 Å². The van der Waals surface area contributed by atoms with Crippen molar-refractivity contribution in [3.63, 3.8) is 0 Å². The molecule has 142 valence electrons. The average molecular weight is 370 g/mol. The van der Waals surface area contributed by atoms with Crippen molar-refractivity contribution in [2.75, 3.05) is 6.61 Å². The largest absolute Gasteiger partial charge is 0.872 e. The summed E-state index contributed by atoms with van der Waals surface area (Å²) in [6, 6.07) is 10.7. The average Bonchev–Trinajstić information content (AvgIpc) is 2.59. The second-order valence-electron chi connectivity index (χ2n) is 6.81. The molecule has 0 aliphatic carbocycles. The summed E-state index contributed by atoms with van der Waals surface area (Å²) in [7, 11) is 0. The minimum atomic E-state index is -0.630. The number of carbonyl (C=O) groups excluding carboxylic acids is 1. The maximum atomic E-state index is 11.9. The maximum absolute atomic E-state index is 11.9. The fraction of sp³-hybridized carbons (Fsp3) is 0.263. The van der Waals surface area contributed by atoms with Gasteiger partial charge in [0.2, 0.25) is 0 Å². The van der Waals surface area contributed by atoms with Gasteiger partial charge in [-0.15, -0.1) is 5.75 Å². The fourth-order valence-electron chi connectivity index (χ4n) is 2.36. The zero-order valence-corrected chi connectivity index (χ0v) is 15.3. The Morgan fingerprint density at radius 1 is 1.26 bits per heavy atom. The maximum Gasteiger partial charge on any atom is 0.278 e. The molecule has 0 aromatic heterocycles. The van der Waals surface area contributed by atoms with Crippen molar-refractivity contribution < 1.29 is 19.6 Å². The van der Waals surface area contributed by atoms with Crippen molar-refractivity contribution in [2.45, 2.75) is 26.2 Å². The Labute approximate surface area is 156 Å². The summed E-state index contributed by atoms with van der Waals surface area (Å²) in [6.07, 6.45) is 1.06. The number of hydrogen-bond donors (Lipinski definition) is 1. The van der Waals surface area contributed by atoms with Crippen LogP contribution < -0.4 is 15.3 Å². The summed E-state index contributed by atoms with van der Waals surface area (Å²) in [5.41, 5.74) is 2.77. The Balaban J connectivity index is 1.99. The smallest absolute Gasteiger partial charge is 0.278 e. The second-order valence-corrected chi connectivity index (χ2v) is 6.81. The Kier molecular flexibility index (Phi) is 6.12. The predicted molar refractivity (Wildman–Crippen MR) is 98.9 cm³/mol. The van der Waals surface area contributed by atoms with E-state index in [0.29, 0.717) is 5.75 Å². The van der Waals surface area contributed by atoms with Crippen LogP contribution in [-0.2, 0) is 10.2 Å². The van der Waals surface area contributed by atoms with Crippen LogP contribution in [0.4, 0.5) is 5.69 Å². The number of carbonyl (C=O) groups is 1. The van der Waals surface area contributed by atoms with E-state index in [-0.39, 0.29) is 23.3 Å². The third-order valence-corrected chi connectivity index (χ3v) is 3.64. The van der Waals surface area contributed by atoms with Gasteiger partial charge in [0.15, 0.2) is 6.61 Å². The molecule has 0 unspecified atom stereocenters. The summed E-state index contributed by atoms with van der Waals surface area (Å²) in [6.45, 7) is 5.85. The highest BCUT2D eigenvalue weighted by atomic mass is 16.6. The SMILES string of the molecule is CC(C)(C)c1ccccc1OCC(=O)N/N=C\c1cc([O-])ccc1[N+](=O)[O-]. The quantitative estimate of drug-likeness (QED) is 0.476. The van der Waals surface area contributed by atoms with E-state index in [4.69, 9.17) is 4.74 Å². The normalized spacial score (nSPS) is 11.4. The molecule has 0 aliphatic heterocycles. The summed E-state index contributed by atoms with van der Waals surface area (Å²) >= 11 is 0. The zero-order chi connectivity index (χ0) is 20.0. The van der Waals surface area contributed by atoms with Gasteiger partial charge in [0, 0.05) is 6.07 Å². The van der Waals surface area contributed by atoms with Crippen LogP contribution in [0.1, 0.15) is 31.9 Å². The van der Waals surface area contributed by atoms with Gasteiger partial charge in [0.25, 0.3) is 11.6 Å². The van der Waals surface area contributed by atoms with Gasteiger partial charge in [-0.2, -0.15) is 5.10 Å². The van der Waals surface area contributed by atoms with Crippen LogP contribution in [-0.4, -0.2) is 23.7 Å². The minimum absolute atomic E-state index is 0.00629. The lowest BCUT2D eigenvalue weighted by Gasteiger charge is -2.22. The Hall–Kier alpha value is -3.42. The molecule has 0 radical (unpaired) electrons. The van der Waals surface area contributed by atoms with Crippen molar-refractivity contribution in [1.29, 1.82) is 0 Å². The standard InChI is InChI=1S/C19H21N3O5/c1-19(2,3)15-6-4-5-7-17(15)27-12-18(24)21-20-11-13-10-14(23)8-9-16(13)22(25)26/h4-11,23H,12H2,1-3H3,(H,21,24)/p-1/b20-11-. The number of para-hydroxylation sites is 1. The number of benzene rings is 2. The number of rotatable bonds is 6. The lowest BCUT2D eigenvalue weighted by Crippen LogP contribution is -2.25. The molecule has 0 atom stereocenters. The van der Waals surface area contributed by atoms with Crippen LogP contribution in [0.25, 0.3) is 0 Å². The molecule has 0 saturated heterocycles. The van der Waals surface area contributed by atoms with Gasteiger partial charge < -0.3 is 9.84 Å². The predicted octanol–water partition coefficient (Wildman–Crippen LogP) is 2.50. The number of amides is 1. The highest BCUT2D eigenvalue weighted by molar-refractivity contribution is 5.87. The third-order valence-electron chi connectivity index (χ3n) is 3.64. The van der Waals surface area contributed by atoms with E-state index in [9.17, 15) is 20.0 Å². The molecule has 8 heteroatoms. The topological polar surface area (TPSA) is 117 Å². The molecule has 0 fully saturated rings. The van der Waals surface area contributed by atoms with Crippen LogP contribution in [0.3, 0.4) is 0 Å². The van der Waals surface area contributed by atoms with Crippen molar-refractivity contribution in [3.05, 3.63) is 63.7 Å².